The van der Waals surface area contributed by atoms with Crippen molar-refractivity contribution < 1.29 is 23.5 Å². The molecule has 0 unspecified atom stereocenters. The molecule has 1 aliphatic heterocycles. The molecule has 2 heterocycles. The Balaban J connectivity index is 1.69. The van der Waals surface area contributed by atoms with Gasteiger partial charge in [-0.15, -0.1) is 0 Å². The van der Waals surface area contributed by atoms with Crippen LogP contribution in [0.3, 0.4) is 0 Å². The zero-order valence-corrected chi connectivity index (χ0v) is 16.1. The van der Waals surface area contributed by atoms with Crippen LogP contribution in [0.25, 0.3) is 0 Å². The number of anilines is 1. The summed E-state index contributed by atoms with van der Waals surface area (Å²) in [5.74, 6) is -0.842. The smallest absolute Gasteiger partial charge is 0.264 e. The van der Waals surface area contributed by atoms with Crippen molar-refractivity contribution in [2.75, 3.05) is 4.90 Å². The maximum Gasteiger partial charge on any atom is 0.264 e. The van der Waals surface area contributed by atoms with Gasteiger partial charge in [-0.05, 0) is 43.2 Å². The number of amides is 1. The van der Waals surface area contributed by atoms with Crippen LogP contribution < -0.4 is 4.90 Å². The van der Waals surface area contributed by atoms with Gasteiger partial charge >= 0.3 is 0 Å². The molecule has 1 aliphatic rings. The van der Waals surface area contributed by atoms with Gasteiger partial charge in [0.2, 0.25) is 0 Å². The van der Waals surface area contributed by atoms with E-state index in [4.69, 9.17) is 4.42 Å². The number of para-hydroxylation sites is 1. The summed E-state index contributed by atoms with van der Waals surface area (Å²) in [7, 11) is 0. The monoisotopic (exact) mass is 393 g/mol. The topological polar surface area (TPSA) is 70.7 Å². The molecule has 3 aromatic rings. The van der Waals surface area contributed by atoms with Crippen LogP contribution in [0.4, 0.5) is 10.1 Å². The zero-order valence-electron chi connectivity index (χ0n) is 16.1. The van der Waals surface area contributed by atoms with E-state index in [1.54, 1.807) is 50.2 Å². The molecule has 1 N–H and O–H groups in total. The highest BCUT2D eigenvalue weighted by molar-refractivity contribution is 6.11. The lowest BCUT2D eigenvalue weighted by atomic mass is 9.87. The van der Waals surface area contributed by atoms with Gasteiger partial charge in [0.1, 0.15) is 11.6 Å². The summed E-state index contributed by atoms with van der Waals surface area (Å²) in [6.07, 6.45) is 1.10. The first-order valence-electron chi connectivity index (χ1n) is 9.27. The number of hydrogen-bond donors (Lipinski definition) is 1. The first-order valence-corrected chi connectivity index (χ1v) is 9.27. The first kappa shape index (κ1) is 19.1. The number of hydrogen-bond acceptors (Lipinski definition) is 4. The number of Topliss-reactive ketones (excluding diaryl/α,β-unsaturated/α-hetero) is 1. The minimum atomic E-state index is -1.97. The molecule has 1 atom stereocenters. The van der Waals surface area contributed by atoms with E-state index in [1.807, 2.05) is 0 Å². The fraction of sp³-hybridized carbons (Fsp3) is 0.217. The molecule has 2 aromatic carbocycles. The quantitative estimate of drug-likeness (QED) is 0.664. The van der Waals surface area contributed by atoms with Gasteiger partial charge in [-0.1, -0.05) is 30.3 Å². The Morgan fingerprint density at radius 1 is 1.14 bits per heavy atom. The third-order valence-electron chi connectivity index (χ3n) is 5.35. The Kier molecular flexibility index (Phi) is 4.59. The molecule has 5 nitrogen and oxygen atoms in total. The third-order valence-corrected chi connectivity index (χ3v) is 5.35. The largest absolute Gasteiger partial charge is 0.469 e. The molecule has 1 amide bonds. The summed E-state index contributed by atoms with van der Waals surface area (Å²) in [6.45, 7) is 3.59. The lowest BCUT2D eigenvalue weighted by Gasteiger charge is -2.23. The maximum absolute atomic E-state index is 13.3. The molecule has 0 saturated heterocycles. The molecule has 148 valence electrons. The van der Waals surface area contributed by atoms with Crippen molar-refractivity contribution in [3.63, 3.8) is 0 Å². The summed E-state index contributed by atoms with van der Waals surface area (Å²) in [5.41, 5.74) is 0.728. The number of nitrogens with zero attached hydrogens (tertiary/aromatic N) is 1. The Morgan fingerprint density at radius 3 is 2.48 bits per heavy atom. The number of ketones is 1. The molecule has 6 heteroatoms. The summed E-state index contributed by atoms with van der Waals surface area (Å²) in [5, 5.41) is 11.4. The number of aryl methyl sites for hydroxylation is 2. The van der Waals surface area contributed by atoms with Gasteiger partial charge in [0.25, 0.3) is 5.91 Å². The van der Waals surface area contributed by atoms with E-state index in [0.717, 1.165) is 0 Å². The third kappa shape index (κ3) is 3.15. The van der Waals surface area contributed by atoms with E-state index in [-0.39, 0.29) is 24.6 Å². The highest BCUT2D eigenvalue weighted by Gasteiger charge is 2.51. The molecule has 1 aromatic heterocycles. The number of aliphatic hydroxyl groups is 1. The maximum atomic E-state index is 13.3. The minimum absolute atomic E-state index is 0.163. The predicted octanol–water partition coefficient (Wildman–Crippen LogP) is 4.04. The number of carbonyl (C=O) groups excluding carboxylic acids is 2. The van der Waals surface area contributed by atoms with E-state index in [1.165, 1.54) is 23.3 Å². The van der Waals surface area contributed by atoms with Crippen LogP contribution in [-0.2, 0) is 16.9 Å². The molecule has 4 rings (SSSR count). The second-order valence-corrected chi connectivity index (χ2v) is 7.35. The summed E-state index contributed by atoms with van der Waals surface area (Å²) in [6, 6.07) is 12.7. The first-order chi connectivity index (χ1) is 13.8. The van der Waals surface area contributed by atoms with Crippen LogP contribution in [0.1, 0.15) is 39.2 Å². The predicted molar refractivity (Wildman–Crippen MR) is 105 cm³/mol. The SMILES string of the molecule is Cc1coc(C)c1C(=O)C[C@]1(O)C(=O)N(Cc2ccc(F)cc2)c2ccccc21. The zero-order chi connectivity index (χ0) is 20.8. The number of benzene rings is 2. The van der Waals surface area contributed by atoms with Gasteiger partial charge < -0.3 is 14.4 Å². The van der Waals surface area contributed by atoms with Gasteiger partial charge in [-0.25, -0.2) is 4.39 Å². The highest BCUT2D eigenvalue weighted by atomic mass is 19.1. The molecule has 0 spiro atoms. The molecule has 0 saturated carbocycles. The molecular weight excluding hydrogens is 373 g/mol. The average molecular weight is 393 g/mol. The van der Waals surface area contributed by atoms with Crippen LogP contribution in [-0.4, -0.2) is 16.8 Å². The molecule has 0 aliphatic carbocycles. The van der Waals surface area contributed by atoms with Crippen molar-refractivity contribution in [3.05, 3.63) is 88.6 Å². The summed E-state index contributed by atoms with van der Waals surface area (Å²) >= 11 is 0. The van der Waals surface area contributed by atoms with E-state index in [9.17, 15) is 19.1 Å². The van der Waals surface area contributed by atoms with Crippen LogP contribution in [0.2, 0.25) is 0 Å². The normalized spacial score (nSPS) is 18.2. The van der Waals surface area contributed by atoms with Gasteiger partial charge in [0, 0.05) is 5.56 Å². The highest BCUT2D eigenvalue weighted by Crippen LogP contribution is 2.43. The number of furan rings is 1. The second kappa shape index (κ2) is 6.97. The molecule has 0 radical (unpaired) electrons. The van der Waals surface area contributed by atoms with Crippen LogP contribution in [0.5, 0.6) is 0 Å². The standard InChI is InChI=1S/C23H20FNO4/c1-14-13-29-15(2)21(14)20(26)11-23(28)18-5-3-4-6-19(18)25(22(23)27)12-16-7-9-17(24)10-8-16/h3-10,13,28H,11-12H2,1-2H3/t23-/m1/s1. The number of rotatable bonds is 5. The summed E-state index contributed by atoms with van der Waals surface area (Å²) in [4.78, 5) is 27.6. The molecule has 29 heavy (non-hydrogen) atoms. The fourth-order valence-electron chi connectivity index (χ4n) is 3.92. The van der Waals surface area contributed by atoms with Crippen LogP contribution in [0, 0.1) is 19.7 Å². The van der Waals surface area contributed by atoms with Crippen molar-refractivity contribution in [3.8, 4) is 0 Å². The van der Waals surface area contributed by atoms with Crippen molar-refractivity contribution >= 4 is 17.4 Å². The number of carbonyl (C=O) groups is 2. The minimum Gasteiger partial charge on any atom is -0.469 e. The van der Waals surface area contributed by atoms with Crippen molar-refractivity contribution in [2.45, 2.75) is 32.4 Å². The van der Waals surface area contributed by atoms with E-state index >= 15 is 0 Å². The van der Waals surface area contributed by atoms with Crippen molar-refractivity contribution in [1.29, 1.82) is 0 Å². The van der Waals surface area contributed by atoms with E-state index < -0.39 is 11.5 Å². The van der Waals surface area contributed by atoms with Gasteiger partial charge in [0.15, 0.2) is 11.4 Å². The fourth-order valence-corrected chi connectivity index (χ4v) is 3.92. The lowest BCUT2D eigenvalue weighted by Crippen LogP contribution is -2.41. The van der Waals surface area contributed by atoms with E-state index in [2.05, 4.69) is 0 Å². The van der Waals surface area contributed by atoms with Crippen LogP contribution in [0.15, 0.2) is 59.2 Å². The van der Waals surface area contributed by atoms with Gasteiger partial charge in [-0.3, -0.25) is 9.59 Å². The molecule has 0 bridgehead atoms. The van der Waals surface area contributed by atoms with Crippen molar-refractivity contribution in [1.82, 2.24) is 0 Å². The van der Waals surface area contributed by atoms with Crippen LogP contribution >= 0.6 is 0 Å². The molecular formula is C23H20FNO4. The Bertz CT molecular complexity index is 1080. The average Bonchev–Trinajstić information content (AvgIpc) is 3.14. The van der Waals surface area contributed by atoms with Gasteiger partial charge in [0.05, 0.1) is 30.5 Å². The van der Waals surface area contributed by atoms with Gasteiger partial charge in [-0.2, -0.15) is 0 Å². The second-order valence-electron chi connectivity index (χ2n) is 7.35. The number of fused-ring (bicyclic) bond motifs is 1. The Labute approximate surface area is 167 Å². The number of halogens is 1. The molecule has 0 fully saturated rings. The summed E-state index contributed by atoms with van der Waals surface area (Å²) < 4.78 is 18.5. The lowest BCUT2D eigenvalue weighted by molar-refractivity contribution is -0.136. The van der Waals surface area contributed by atoms with Crippen molar-refractivity contribution in [2.24, 2.45) is 0 Å². The van der Waals surface area contributed by atoms with E-state index in [0.29, 0.717) is 33.7 Å². The Hall–Kier alpha value is -3.25. The Morgan fingerprint density at radius 2 is 1.83 bits per heavy atom.